The van der Waals surface area contributed by atoms with Gasteiger partial charge in [0.25, 0.3) is 5.91 Å². The number of anilines is 1. The highest BCUT2D eigenvalue weighted by atomic mass is 32.2. The van der Waals surface area contributed by atoms with Crippen LogP contribution in [0.5, 0.6) is 0 Å². The van der Waals surface area contributed by atoms with Crippen molar-refractivity contribution in [2.24, 2.45) is 0 Å². The van der Waals surface area contributed by atoms with Crippen molar-refractivity contribution in [3.05, 3.63) is 24.0 Å². The number of thioether (sulfide) groups is 1. The number of hydrogen-bond acceptors (Lipinski definition) is 4. The number of carbonyl (C=O) groups excluding carboxylic acids is 1. The van der Waals surface area contributed by atoms with Crippen LogP contribution in [0.1, 0.15) is 37.0 Å². The molecule has 0 aliphatic heterocycles. The van der Waals surface area contributed by atoms with Crippen molar-refractivity contribution in [1.82, 2.24) is 10.3 Å². The fourth-order valence-electron chi connectivity index (χ4n) is 1.60. The SMILES string of the molecule is CCCNc1cnccc1C(=O)NCCC(C)SC. The van der Waals surface area contributed by atoms with Gasteiger partial charge in [0.05, 0.1) is 17.4 Å². The van der Waals surface area contributed by atoms with Crippen LogP contribution in [0.4, 0.5) is 5.69 Å². The van der Waals surface area contributed by atoms with Gasteiger partial charge in [-0.05, 0) is 25.2 Å². The predicted octanol–water partition coefficient (Wildman–Crippen LogP) is 2.77. The molecule has 0 aliphatic rings. The zero-order chi connectivity index (χ0) is 14.1. The maximum Gasteiger partial charge on any atom is 0.253 e. The second kappa shape index (κ2) is 8.80. The maximum atomic E-state index is 12.1. The number of nitrogens with one attached hydrogen (secondary N) is 2. The lowest BCUT2D eigenvalue weighted by atomic mass is 10.2. The van der Waals surface area contributed by atoms with Crippen LogP contribution in [0, 0.1) is 0 Å². The van der Waals surface area contributed by atoms with Crippen molar-refractivity contribution in [3.63, 3.8) is 0 Å². The van der Waals surface area contributed by atoms with Gasteiger partial charge in [0.15, 0.2) is 0 Å². The van der Waals surface area contributed by atoms with E-state index in [4.69, 9.17) is 0 Å². The first-order valence-corrected chi connectivity index (χ1v) is 7.96. The molecule has 0 aliphatic carbocycles. The summed E-state index contributed by atoms with van der Waals surface area (Å²) in [7, 11) is 0. The summed E-state index contributed by atoms with van der Waals surface area (Å²) in [4.78, 5) is 16.2. The monoisotopic (exact) mass is 281 g/mol. The van der Waals surface area contributed by atoms with Gasteiger partial charge in [-0.2, -0.15) is 11.8 Å². The van der Waals surface area contributed by atoms with E-state index in [2.05, 4.69) is 35.7 Å². The van der Waals surface area contributed by atoms with Gasteiger partial charge < -0.3 is 10.6 Å². The molecule has 106 valence electrons. The Morgan fingerprint density at radius 1 is 1.47 bits per heavy atom. The summed E-state index contributed by atoms with van der Waals surface area (Å²) < 4.78 is 0. The molecule has 19 heavy (non-hydrogen) atoms. The molecule has 1 unspecified atom stereocenters. The van der Waals surface area contributed by atoms with E-state index in [1.165, 1.54) is 0 Å². The molecular weight excluding hydrogens is 258 g/mol. The topological polar surface area (TPSA) is 54.0 Å². The van der Waals surface area contributed by atoms with Crippen molar-refractivity contribution in [3.8, 4) is 0 Å². The van der Waals surface area contributed by atoms with Crippen molar-refractivity contribution in [2.45, 2.75) is 31.9 Å². The van der Waals surface area contributed by atoms with Crippen LogP contribution in [0.3, 0.4) is 0 Å². The van der Waals surface area contributed by atoms with Gasteiger partial charge in [0, 0.05) is 24.5 Å². The summed E-state index contributed by atoms with van der Waals surface area (Å²) in [6.07, 6.45) is 7.44. The number of pyridine rings is 1. The first-order chi connectivity index (χ1) is 9.19. The minimum absolute atomic E-state index is 0.0330. The van der Waals surface area contributed by atoms with E-state index in [0.717, 1.165) is 25.1 Å². The fraction of sp³-hybridized carbons (Fsp3) is 0.571. The molecule has 0 fully saturated rings. The molecule has 1 atom stereocenters. The average Bonchev–Trinajstić information content (AvgIpc) is 2.45. The van der Waals surface area contributed by atoms with Crippen molar-refractivity contribution < 1.29 is 4.79 Å². The number of amides is 1. The Bertz CT molecular complexity index is 398. The molecule has 0 spiro atoms. The van der Waals surface area contributed by atoms with Gasteiger partial charge in [-0.1, -0.05) is 13.8 Å². The zero-order valence-electron chi connectivity index (χ0n) is 11.9. The van der Waals surface area contributed by atoms with Crippen molar-refractivity contribution in [2.75, 3.05) is 24.7 Å². The van der Waals surface area contributed by atoms with E-state index in [9.17, 15) is 4.79 Å². The molecule has 4 nitrogen and oxygen atoms in total. The number of hydrogen-bond donors (Lipinski definition) is 2. The highest BCUT2D eigenvalue weighted by molar-refractivity contribution is 7.99. The fourth-order valence-corrected chi connectivity index (χ4v) is 1.95. The van der Waals surface area contributed by atoms with Gasteiger partial charge in [-0.15, -0.1) is 0 Å². The highest BCUT2D eigenvalue weighted by Crippen LogP contribution is 2.13. The van der Waals surface area contributed by atoms with Gasteiger partial charge in [-0.25, -0.2) is 0 Å². The smallest absolute Gasteiger partial charge is 0.253 e. The first-order valence-electron chi connectivity index (χ1n) is 6.67. The summed E-state index contributed by atoms with van der Waals surface area (Å²) in [5.41, 5.74) is 1.47. The Labute approximate surface area is 119 Å². The molecule has 0 radical (unpaired) electrons. The van der Waals surface area contributed by atoms with E-state index >= 15 is 0 Å². The minimum atomic E-state index is -0.0330. The Hall–Kier alpha value is -1.23. The number of carbonyl (C=O) groups is 1. The van der Waals surface area contributed by atoms with E-state index in [1.54, 1.807) is 18.5 Å². The van der Waals surface area contributed by atoms with Crippen molar-refractivity contribution >= 4 is 23.4 Å². The molecule has 0 saturated carbocycles. The zero-order valence-corrected chi connectivity index (χ0v) is 12.7. The summed E-state index contributed by atoms with van der Waals surface area (Å²) in [5, 5.41) is 6.75. The molecule has 1 aromatic rings. The number of nitrogens with zero attached hydrogens (tertiary/aromatic N) is 1. The Kier molecular flexibility index (Phi) is 7.33. The lowest BCUT2D eigenvalue weighted by molar-refractivity contribution is 0.0954. The summed E-state index contributed by atoms with van der Waals surface area (Å²) in [5.74, 6) is -0.0330. The van der Waals surface area contributed by atoms with E-state index < -0.39 is 0 Å². The van der Waals surface area contributed by atoms with Gasteiger partial charge in [0.1, 0.15) is 0 Å². The Morgan fingerprint density at radius 2 is 2.26 bits per heavy atom. The quantitative estimate of drug-likeness (QED) is 0.769. The molecule has 5 heteroatoms. The molecule has 1 rings (SSSR count). The molecule has 0 bridgehead atoms. The van der Waals surface area contributed by atoms with E-state index in [1.807, 2.05) is 11.8 Å². The molecule has 0 saturated heterocycles. The molecule has 1 aromatic heterocycles. The summed E-state index contributed by atoms with van der Waals surface area (Å²) in [6.45, 7) is 5.80. The van der Waals surface area contributed by atoms with Crippen LogP contribution in [0.2, 0.25) is 0 Å². The van der Waals surface area contributed by atoms with Crippen LogP contribution in [0.15, 0.2) is 18.5 Å². The molecular formula is C14H23N3OS. The highest BCUT2D eigenvalue weighted by Gasteiger charge is 2.10. The summed E-state index contributed by atoms with van der Waals surface area (Å²) >= 11 is 1.81. The van der Waals surface area contributed by atoms with E-state index in [-0.39, 0.29) is 5.91 Å². The minimum Gasteiger partial charge on any atom is -0.383 e. The summed E-state index contributed by atoms with van der Waals surface area (Å²) in [6, 6.07) is 1.76. The van der Waals surface area contributed by atoms with Gasteiger partial charge in [-0.3, -0.25) is 9.78 Å². The van der Waals surface area contributed by atoms with Crippen LogP contribution in [-0.2, 0) is 0 Å². The van der Waals surface area contributed by atoms with Crippen LogP contribution in [-0.4, -0.2) is 35.5 Å². The largest absolute Gasteiger partial charge is 0.383 e. The lowest BCUT2D eigenvalue weighted by Crippen LogP contribution is -2.27. The molecule has 2 N–H and O–H groups in total. The third-order valence-electron chi connectivity index (χ3n) is 2.87. The number of aromatic nitrogens is 1. The third-order valence-corrected chi connectivity index (χ3v) is 3.91. The normalized spacial score (nSPS) is 11.9. The number of rotatable bonds is 8. The van der Waals surface area contributed by atoms with Crippen LogP contribution < -0.4 is 10.6 Å². The average molecular weight is 281 g/mol. The first kappa shape index (κ1) is 15.8. The van der Waals surface area contributed by atoms with Gasteiger partial charge in [0.2, 0.25) is 0 Å². The Balaban J connectivity index is 2.55. The van der Waals surface area contributed by atoms with Crippen LogP contribution >= 0.6 is 11.8 Å². The van der Waals surface area contributed by atoms with Crippen LogP contribution in [0.25, 0.3) is 0 Å². The molecule has 1 amide bonds. The van der Waals surface area contributed by atoms with E-state index in [0.29, 0.717) is 17.4 Å². The standard InChI is InChI=1S/C14H23N3OS/c1-4-7-16-13-10-15-8-6-12(13)14(18)17-9-5-11(2)19-3/h6,8,10-11,16H,4-5,7,9H2,1-3H3,(H,17,18). The third kappa shape index (κ3) is 5.51. The second-order valence-electron chi connectivity index (χ2n) is 4.44. The van der Waals surface area contributed by atoms with Gasteiger partial charge >= 0.3 is 0 Å². The lowest BCUT2D eigenvalue weighted by Gasteiger charge is -2.12. The molecule has 1 heterocycles. The maximum absolute atomic E-state index is 12.1. The Morgan fingerprint density at radius 3 is 2.95 bits per heavy atom. The predicted molar refractivity (Wildman–Crippen MR) is 82.9 cm³/mol. The van der Waals surface area contributed by atoms with Crippen molar-refractivity contribution in [1.29, 1.82) is 0 Å². The molecule has 0 aromatic carbocycles. The second-order valence-corrected chi connectivity index (χ2v) is 5.72.